The maximum absolute atomic E-state index is 8.80. The first-order chi connectivity index (χ1) is 8.19. The first-order valence-corrected chi connectivity index (χ1v) is 5.78. The van der Waals surface area contributed by atoms with Crippen molar-refractivity contribution in [2.45, 2.75) is 6.92 Å². The monoisotopic (exact) mass is 288 g/mol. The molecule has 84 valence electrons. The van der Waals surface area contributed by atoms with Crippen molar-refractivity contribution in [1.82, 2.24) is 4.98 Å². The summed E-state index contributed by atoms with van der Waals surface area (Å²) in [5, 5.41) is 8.80. The van der Waals surface area contributed by atoms with Gasteiger partial charge in [-0.3, -0.25) is 4.98 Å². The molecule has 0 aliphatic heterocycles. The van der Waals surface area contributed by atoms with Gasteiger partial charge in [0.05, 0.1) is 11.8 Å². The minimum absolute atomic E-state index is 0.583. The number of ether oxygens (including phenoxy) is 1. The zero-order chi connectivity index (χ0) is 12.3. The van der Waals surface area contributed by atoms with Crippen LogP contribution >= 0.6 is 15.9 Å². The van der Waals surface area contributed by atoms with Crippen molar-refractivity contribution in [1.29, 1.82) is 5.26 Å². The highest BCUT2D eigenvalue weighted by Gasteiger charge is 2.02. The second-order valence-electron chi connectivity index (χ2n) is 3.49. The summed E-state index contributed by atoms with van der Waals surface area (Å²) in [7, 11) is 0. The first kappa shape index (κ1) is 11.6. The summed E-state index contributed by atoms with van der Waals surface area (Å²) < 4.78 is 6.33. The molecule has 1 aromatic heterocycles. The Balaban J connectivity index is 2.22. The van der Waals surface area contributed by atoms with Crippen LogP contribution in [0.1, 0.15) is 11.3 Å². The van der Waals surface area contributed by atoms with Gasteiger partial charge in [0, 0.05) is 10.2 Å². The zero-order valence-corrected chi connectivity index (χ0v) is 10.7. The van der Waals surface area contributed by atoms with Crippen LogP contribution in [-0.2, 0) is 0 Å². The highest BCUT2D eigenvalue weighted by atomic mass is 79.9. The lowest BCUT2D eigenvalue weighted by Gasteiger charge is -2.06. The number of nitrogens with zero attached hydrogens (tertiary/aromatic N) is 2. The van der Waals surface area contributed by atoms with E-state index >= 15 is 0 Å². The molecule has 0 fully saturated rings. The van der Waals surface area contributed by atoms with Crippen molar-refractivity contribution in [3.05, 3.63) is 52.3 Å². The number of aromatic nitrogens is 1. The van der Waals surface area contributed by atoms with E-state index < -0.39 is 0 Å². The van der Waals surface area contributed by atoms with Crippen LogP contribution in [0.2, 0.25) is 0 Å². The predicted octanol–water partition coefficient (Wildman–Crippen LogP) is 3.82. The maximum atomic E-state index is 8.80. The van der Waals surface area contributed by atoms with Crippen LogP contribution in [0.3, 0.4) is 0 Å². The van der Waals surface area contributed by atoms with Gasteiger partial charge in [-0.05, 0) is 53.2 Å². The molecule has 0 aliphatic rings. The topological polar surface area (TPSA) is 45.9 Å². The van der Waals surface area contributed by atoms with E-state index in [4.69, 9.17) is 10.00 Å². The van der Waals surface area contributed by atoms with E-state index in [1.165, 1.54) is 0 Å². The summed E-state index contributed by atoms with van der Waals surface area (Å²) >= 11 is 3.31. The number of halogens is 1. The summed E-state index contributed by atoms with van der Waals surface area (Å²) in [5.74, 6) is 1.34. The van der Waals surface area contributed by atoms with Crippen LogP contribution in [0.25, 0.3) is 0 Å². The van der Waals surface area contributed by atoms with Crippen molar-refractivity contribution in [2.24, 2.45) is 0 Å². The molecule has 1 aromatic carbocycles. The highest BCUT2D eigenvalue weighted by Crippen LogP contribution is 2.26. The van der Waals surface area contributed by atoms with Gasteiger partial charge in [0.2, 0.25) is 0 Å². The van der Waals surface area contributed by atoms with Gasteiger partial charge >= 0.3 is 0 Å². The molecular formula is C13H9BrN2O. The third-order valence-electron chi connectivity index (χ3n) is 2.18. The Kier molecular flexibility index (Phi) is 3.40. The fourth-order valence-corrected chi connectivity index (χ4v) is 1.75. The van der Waals surface area contributed by atoms with E-state index in [1.54, 1.807) is 24.4 Å². The fraction of sp³-hybridized carbons (Fsp3) is 0.0769. The number of hydrogen-bond donors (Lipinski definition) is 0. The van der Waals surface area contributed by atoms with Crippen molar-refractivity contribution in [3.8, 4) is 17.6 Å². The van der Waals surface area contributed by atoms with E-state index in [0.29, 0.717) is 17.1 Å². The molecule has 0 spiro atoms. The van der Waals surface area contributed by atoms with E-state index in [0.717, 1.165) is 10.2 Å². The molecule has 0 saturated carbocycles. The van der Waals surface area contributed by atoms with Gasteiger partial charge in [0.25, 0.3) is 0 Å². The minimum atomic E-state index is 0.583. The third-order valence-corrected chi connectivity index (χ3v) is 2.84. The second-order valence-corrected chi connectivity index (χ2v) is 4.35. The molecule has 0 amide bonds. The molecule has 2 rings (SSSR count). The van der Waals surface area contributed by atoms with Gasteiger partial charge < -0.3 is 4.74 Å². The number of benzene rings is 1. The Morgan fingerprint density at radius 3 is 2.59 bits per heavy atom. The normalized spacial score (nSPS) is 9.71. The van der Waals surface area contributed by atoms with Gasteiger partial charge in [-0.1, -0.05) is 0 Å². The van der Waals surface area contributed by atoms with Crippen molar-refractivity contribution >= 4 is 15.9 Å². The summed E-state index contributed by atoms with van der Waals surface area (Å²) in [6.45, 7) is 1.92. The molecule has 2 aromatic rings. The number of hydrogen-bond acceptors (Lipinski definition) is 3. The summed E-state index contributed by atoms with van der Waals surface area (Å²) in [6.07, 6.45) is 1.67. The van der Waals surface area contributed by atoms with Crippen LogP contribution < -0.4 is 4.74 Å². The van der Waals surface area contributed by atoms with Crippen LogP contribution in [0.5, 0.6) is 11.5 Å². The SMILES string of the molecule is Cc1ccc(Oc2ccc(C#N)c(Br)c2)cn1. The van der Waals surface area contributed by atoms with Gasteiger partial charge in [-0.2, -0.15) is 5.26 Å². The number of rotatable bonds is 2. The second kappa shape index (κ2) is 4.98. The van der Waals surface area contributed by atoms with Crippen LogP contribution in [0, 0.1) is 18.3 Å². The van der Waals surface area contributed by atoms with E-state index in [-0.39, 0.29) is 0 Å². The van der Waals surface area contributed by atoms with Gasteiger partial charge in [0.15, 0.2) is 0 Å². The third kappa shape index (κ3) is 2.83. The Morgan fingerprint density at radius 1 is 1.24 bits per heavy atom. The highest BCUT2D eigenvalue weighted by molar-refractivity contribution is 9.10. The molecule has 0 unspecified atom stereocenters. The zero-order valence-electron chi connectivity index (χ0n) is 9.14. The number of aryl methyl sites for hydroxylation is 1. The molecule has 4 heteroatoms. The molecule has 0 radical (unpaired) electrons. The van der Waals surface area contributed by atoms with Crippen LogP contribution in [0.15, 0.2) is 41.0 Å². The van der Waals surface area contributed by atoms with E-state index in [9.17, 15) is 0 Å². The first-order valence-electron chi connectivity index (χ1n) is 4.99. The average Bonchev–Trinajstić information content (AvgIpc) is 2.32. The number of nitriles is 1. The standard InChI is InChI=1S/C13H9BrN2O/c1-9-2-4-12(8-16-9)17-11-5-3-10(7-15)13(14)6-11/h2-6,8H,1H3. The fourth-order valence-electron chi connectivity index (χ4n) is 1.30. The maximum Gasteiger partial charge on any atom is 0.145 e. The molecule has 3 nitrogen and oxygen atoms in total. The van der Waals surface area contributed by atoms with Crippen molar-refractivity contribution in [2.75, 3.05) is 0 Å². The van der Waals surface area contributed by atoms with Crippen molar-refractivity contribution < 1.29 is 4.74 Å². The smallest absolute Gasteiger partial charge is 0.145 e. The predicted molar refractivity (Wildman–Crippen MR) is 67.9 cm³/mol. The lowest BCUT2D eigenvalue weighted by atomic mass is 10.2. The van der Waals surface area contributed by atoms with Crippen molar-refractivity contribution in [3.63, 3.8) is 0 Å². The molecule has 0 saturated heterocycles. The molecule has 0 bridgehead atoms. The summed E-state index contributed by atoms with van der Waals surface area (Å²) in [5.41, 5.74) is 1.53. The Morgan fingerprint density at radius 2 is 2.00 bits per heavy atom. The molecular weight excluding hydrogens is 280 g/mol. The molecule has 0 aliphatic carbocycles. The van der Waals surface area contributed by atoms with Gasteiger partial charge in [-0.25, -0.2) is 0 Å². The largest absolute Gasteiger partial charge is 0.456 e. The summed E-state index contributed by atoms with van der Waals surface area (Å²) in [4.78, 5) is 4.14. The van der Waals surface area contributed by atoms with E-state index in [2.05, 4.69) is 27.0 Å². The van der Waals surface area contributed by atoms with Crippen LogP contribution in [-0.4, -0.2) is 4.98 Å². The van der Waals surface area contributed by atoms with Gasteiger partial charge in [0.1, 0.15) is 17.6 Å². The lowest BCUT2D eigenvalue weighted by molar-refractivity contribution is 0.479. The Bertz CT molecular complexity index is 573. The van der Waals surface area contributed by atoms with Crippen LogP contribution in [0.4, 0.5) is 0 Å². The molecule has 17 heavy (non-hydrogen) atoms. The molecule has 0 atom stereocenters. The average molecular weight is 289 g/mol. The Hall–Kier alpha value is -1.86. The minimum Gasteiger partial charge on any atom is -0.456 e. The quantitative estimate of drug-likeness (QED) is 0.844. The lowest BCUT2D eigenvalue weighted by Crippen LogP contribution is -1.87. The summed E-state index contributed by atoms with van der Waals surface area (Å²) in [6, 6.07) is 11.0. The molecule has 0 N–H and O–H groups in total. The Labute approximate surface area is 108 Å². The molecule has 1 heterocycles. The van der Waals surface area contributed by atoms with Gasteiger partial charge in [-0.15, -0.1) is 0 Å². The number of pyridine rings is 1. The van der Waals surface area contributed by atoms with E-state index in [1.807, 2.05) is 19.1 Å².